The maximum atomic E-state index is 5.81. The highest BCUT2D eigenvalue weighted by molar-refractivity contribution is 5.20. The Bertz CT molecular complexity index is 581. The summed E-state index contributed by atoms with van der Waals surface area (Å²) in [5, 5.41) is 7.14. The molecule has 124 valence electrons. The number of H-pyrrole nitrogens is 1. The van der Waals surface area contributed by atoms with Gasteiger partial charge in [-0.25, -0.2) is 4.98 Å². The van der Waals surface area contributed by atoms with Gasteiger partial charge in [0.05, 0.1) is 12.6 Å². The first-order valence-corrected chi connectivity index (χ1v) is 8.19. The summed E-state index contributed by atoms with van der Waals surface area (Å²) < 4.78 is 11.6. The molecule has 1 unspecified atom stereocenters. The molecule has 0 bridgehead atoms. The van der Waals surface area contributed by atoms with Crippen molar-refractivity contribution in [3.05, 3.63) is 42.0 Å². The minimum absolute atomic E-state index is 0.312. The monoisotopic (exact) mass is 316 g/mol. The number of para-hydroxylation sites is 1. The van der Waals surface area contributed by atoms with Crippen molar-refractivity contribution in [2.75, 3.05) is 26.3 Å². The largest absolute Gasteiger partial charge is 0.492 e. The minimum Gasteiger partial charge on any atom is -0.492 e. The van der Waals surface area contributed by atoms with Crippen LogP contribution >= 0.6 is 0 Å². The van der Waals surface area contributed by atoms with Gasteiger partial charge in [-0.05, 0) is 31.9 Å². The lowest BCUT2D eigenvalue weighted by molar-refractivity contribution is 0.0645. The summed E-state index contributed by atoms with van der Waals surface area (Å²) in [6, 6.07) is 9.90. The van der Waals surface area contributed by atoms with Gasteiger partial charge in [-0.15, -0.1) is 0 Å². The standard InChI is InChI=1S/C17H24N4O2/c1-14-18-17(20-19-14)13-21(12-16-8-5-10-22-16)9-11-23-15-6-3-2-4-7-15/h2-4,6-7,16H,5,8-13H2,1H3,(H,18,19,20). The molecule has 1 saturated heterocycles. The van der Waals surface area contributed by atoms with E-state index in [9.17, 15) is 0 Å². The lowest BCUT2D eigenvalue weighted by atomic mass is 10.2. The fraction of sp³-hybridized carbons (Fsp3) is 0.529. The van der Waals surface area contributed by atoms with Gasteiger partial charge in [-0.3, -0.25) is 10.00 Å². The number of nitrogens with zero attached hydrogens (tertiary/aromatic N) is 3. The number of rotatable bonds is 8. The number of nitrogens with one attached hydrogen (secondary N) is 1. The molecular weight excluding hydrogens is 292 g/mol. The summed E-state index contributed by atoms with van der Waals surface area (Å²) in [4.78, 5) is 6.71. The highest BCUT2D eigenvalue weighted by Gasteiger charge is 2.20. The molecule has 2 aromatic rings. The van der Waals surface area contributed by atoms with Crippen molar-refractivity contribution < 1.29 is 9.47 Å². The van der Waals surface area contributed by atoms with Crippen LogP contribution in [-0.2, 0) is 11.3 Å². The van der Waals surface area contributed by atoms with Gasteiger partial charge in [-0.2, -0.15) is 5.10 Å². The van der Waals surface area contributed by atoms with Crippen molar-refractivity contribution in [2.24, 2.45) is 0 Å². The zero-order valence-electron chi connectivity index (χ0n) is 13.6. The summed E-state index contributed by atoms with van der Waals surface area (Å²) in [6.45, 7) is 5.86. The molecule has 1 aromatic heterocycles. The van der Waals surface area contributed by atoms with Gasteiger partial charge in [-0.1, -0.05) is 18.2 Å². The van der Waals surface area contributed by atoms with Crippen LogP contribution in [0.25, 0.3) is 0 Å². The Balaban J connectivity index is 1.53. The van der Waals surface area contributed by atoms with Crippen molar-refractivity contribution in [3.63, 3.8) is 0 Å². The van der Waals surface area contributed by atoms with Gasteiger partial charge >= 0.3 is 0 Å². The molecule has 23 heavy (non-hydrogen) atoms. The van der Waals surface area contributed by atoms with Crippen molar-refractivity contribution in [1.29, 1.82) is 0 Å². The van der Waals surface area contributed by atoms with Crippen LogP contribution in [0.3, 0.4) is 0 Å². The first-order valence-electron chi connectivity index (χ1n) is 8.19. The van der Waals surface area contributed by atoms with Gasteiger partial charge in [0.1, 0.15) is 18.2 Å². The summed E-state index contributed by atoms with van der Waals surface area (Å²) in [6.07, 6.45) is 2.59. The Morgan fingerprint density at radius 3 is 2.91 bits per heavy atom. The predicted octanol–water partition coefficient (Wildman–Crippen LogP) is 2.17. The Hall–Kier alpha value is -1.92. The number of hydrogen-bond donors (Lipinski definition) is 1. The zero-order valence-corrected chi connectivity index (χ0v) is 13.6. The molecule has 6 nitrogen and oxygen atoms in total. The Morgan fingerprint density at radius 1 is 1.35 bits per heavy atom. The van der Waals surface area contributed by atoms with E-state index in [4.69, 9.17) is 9.47 Å². The van der Waals surface area contributed by atoms with Crippen LogP contribution in [0, 0.1) is 6.92 Å². The van der Waals surface area contributed by atoms with E-state index in [0.29, 0.717) is 19.3 Å². The average molecular weight is 316 g/mol. The van der Waals surface area contributed by atoms with Gasteiger partial charge < -0.3 is 9.47 Å². The van der Waals surface area contributed by atoms with E-state index in [1.54, 1.807) is 0 Å². The SMILES string of the molecule is Cc1nc(CN(CCOc2ccccc2)CC2CCCO2)n[nH]1. The molecule has 1 aliphatic heterocycles. The van der Waals surface area contributed by atoms with Crippen molar-refractivity contribution in [3.8, 4) is 5.75 Å². The van der Waals surface area contributed by atoms with Gasteiger partial charge in [0, 0.05) is 19.7 Å². The normalized spacial score (nSPS) is 17.7. The van der Waals surface area contributed by atoms with E-state index in [0.717, 1.165) is 49.9 Å². The lowest BCUT2D eigenvalue weighted by Crippen LogP contribution is -2.35. The Labute approximate surface area is 136 Å². The zero-order chi connectivity index (χ0) is 15.9. The second-order valence-corrected chi connectivity index (χ2v) is 5.87. The van der Waals surface area contributed by atoms with Crippen molar-refractivity contribution in [2.45, 2.75) is 32.4 Å². The molecule has 6 heteroatoms. The highest BCUT2D eigenvalue weighted by Crippen LogP contribution is 2.15. The van der Waals surface area contributed by atoms with E-state index in [1.807, 2.05) is 37.3 Å². The fourth-order valence-electron chi connectivity index (χ4n) is 2.78. The lowest BCUT2D eigenvalue weighted by Gasteiger charge is -2.24. The van der Waals surface area contributed by atoms with Crippen LogP contribution in [0.1, 0.15) is 24.5 Å². The third-order valence-electron chi connectivity index (χ3n) is 3.91. The van der Waals surface area contributed by atoms with E-state index in [-0.39, 0.29) is 0 Å². The summed E-state index contributed by atoms with van der Waals surface area (Å²) in [5.41, 5.74) is 0. The summed E-state index contributed by atoms with van der Waals surface area (Å²) in [5.74, 6) is 2.57. The van der Waals surface area contributed by atoms with Crippen LogP contribution < -0.4 is 4.74 Å². The predicted molar refractivity (Wildman–Crippen MR) is 87.3 cm³/mol. The smallest absolute Gasteiger partial charge is 0.164 e. The molecule has 0 spiro atoms. The average Bonchev–Trinajstić information content (AvgIpc) is 3.20. The first kappa shape index (κ1) is 16.0. The van der Waals surface area contributed by atoms with E-state index >= 15 is 0 Å². The maximum Gasteiger partial charge on any atom is 0.164 e. The molecular formula is C17H24N4O2. The molecule has 0 saturated carbocycles. The summed E-state index contributed by atoms with van der Waals surface area (Å²) >= 11 is 0. The molecule has 0 amide bonds. The number of aryl methyl sites for hydroxylation is 1. The second-order valence-electron chi connectivity index (χ2n) is 5.87. The van der Waals surface area contributed by atoms with E-state index in [1.165, 1.54) is 0 Å². The minimum atomic E-state index is 0.312. The number of hydrogen-bond acceptors (Lipinski definition) is 5. The number of aromatic nitrogens is 3. The molecule has 1 atom stereocenters. The topological polar surface area (TPSA) is 63.3 Å². The molecule has 0 radical (unpaired) electrons. The van der Waals surface area contributed by atoms with E-state index < -0.39 is 0 Å². The van der Waals surface area contributed by atoms with Gasteiger partial charge in [0.25, 0.3) is 0 Å². The fourth-order valence-corrected chi connectivity index (χ4v) is 2.78. The first-order chi connectivity index (χ1) is 11.3. The molecule has 3 rings (SSSR count). The van der Waals surface area contributed by atoms with Crippen LogP contribution in [0.4, 0.5) is 0 Å². The molecule has 1 aliphatic rings. The molecule has 2 heterocycles. The van der Waals surface area contributed by atoms with Gasteiger partial charge in [0.2, 0.25) is 0 Å². The Morgan fingerprint density at radius 2 is 2.22 bits per heavy atom. The van der Waals surface area contributed by atoms with E-state index in [2.05, 4.69) is 20.1 Å². The van der Waals surface area contributed by atoms with Crippen LogP contribution in [-0.4, -0.2) is 52.5 Å². The number of ether oxygens (including phenoxy) is 2. The number of aromatic amines is 1. The van der Waals surface area contributed by atoms with Crippen molar-refractivity contribution >= 4 is 0 Å². The van der Waals surface area contributed by atoms with Crippen LogP contribution in [0.5, 0.6) is 5.75 Å². The molecule has 1 N–H and O–H groups in total. The highest BCUT2D eigenvalue weighted by atomic mass is 16.5. The second kappa shape index (κ2) is 8.08. The third kappa shape index (κ3) is 5.04. The molecule has 0 aliphatic carbocycles. The quantitative estimate of drug-likeness (QED) is 0.808. The third-order valence-corrected chi connectivity index (χ3v) is 3.91. The summed E-state index contributed by atoms with van der Waals surface area (Å²) in [7, 11) is 0. The molecule has 1 fully saturated rings. The van der Waals surface area contributed by atoms with Gasteiger partial charge in [0.15, 0.2) is 5.82 Å². The molecule has 1 aromatic carbocycles. The Kier molecular flexibility index (Phi) is 5.60. The van der Waals surface area contributed by atoms with Crippen LogP contribution in [0.15, 0.2) is 30.3 Å². The number of benzene rings is 1. The van der Waals surface area contributed by atoms with Crippen molar-refractivity contribution in [1.82, 2.24) is 20.1 Å². The maximum absolute atomic E-state index is 5.81. The van der Waals surface area contributed by atoms with Crippen LogP contribution in [0.2, 0.25) is 0 Å².